The molecule has 20 heavy (non-hydrogen) atoms. The molecule has 2 rings (SSSR count). The Morgan fingerprint density at radius 1 is 1.25 bits per heavy atom. The molecule has 0 amide bonds. The van der Waals surface area contributed by atoms with E-state index in [1.54, 1.807) is 0 Å². The van der Waals surface area contributed by atoms with Crippen molar-refractivity contribution in [1.29, 1.82) is 0 Å². The summed E-state index contributed by atoms with van der Waals surface area (Å²) in [6, 6.07) is 3.79. The van der Waals surface area contributed by atoms with E-state index in [0.717, 1.165) is 6.07 Å². The van der Waals surface area contributed by atoms with Crippen LogP contribution in [0.15, 0.2) is 23.1 Å². The normalized spacial score (nSPS) is 20.9. The minimum atomic E-state index is -3.78. The molecular formula is C14H21FN2O2S. The number of nitrogens with two attached hydrogens (primary N) is 1. The van der Waals surface area contributed by atoms with E-state index >= 15 is 0 Å². The van der Waals surface area contributed by atoms with Crippen LogP contribution in [-0.4, -0.2) is 15.0 Å². The fraction of sp³-hybridized carbons (Fsp3) is 0.571. The molecule has 1 saturated carbocycles. The van der Waals surface area contributed by atoms with E-state index in [0.29, 0.717) is 6.54 Å². The number of nitrogens with one attached hydrogen (secondary N) is 1. The average molecular weight is 300 g/mol. The zero-order chi connectivity index (χ0) is 15.3. The first-order valence-electron chi connectivity index (χ1n) is 6.55. The molecule has 112 valence electrons. The van der Waals surface area contributed by atoms with Gasteiger partial charge >= 0.3 is 0 Å². The predicted octanol–water partition coefficient (Wildman–Crippen LogP) is 2.37. The molecule has 0 heterocycles. The van der Waals surface area contributed by atoms with Gasteiger partial charge in [-0.2, -0.15) is 0 Å². The van der Waals surface area contributed by atoms with Crippen LogP contribution in [0, 0.1) is 22.6 Å². The molecule has 1 aromatic carbocycles. The number of benzene rings is 1. The van der Waals surface area contributed by atoms with Gasteiger partial charge in [-0.25, -0.2) is 17.5 Å². The van der Waals surface area contributed by atoms with Crippen LogP contribution in [0.25, 0.3) is 0 Å². The van der Waals surface area contributed by atoms with Gasteiger partial charge in [-0.15, -0.1) is 0 Å². The van der Waals surface area contributed by atoms with Gasteiger partial charge in [0.25, 0.3) is 0 Å². The van der Waals surface area contributed by atoms with Crippen LogP contribution in [0.3, 0.4) is 0 Å². The lowest BCUT2D eigenvalue weighted by atomic mass is 10.0. The Labute approximate surface area is 119 Å². The highest BCUT2D eigenvalue weighted by molar-refractivity contribution is 7.89. The molecule has 0 atom stereocenters. The summed E-state index contributed by atoms with van der Waals surface area (Å²) in [6.45, 7) is 8.79. The number of nitrogen functional groups attached to an aromatic ring is 1. The molecule has 0 radical (unpaired) electrons. The van der Waals surface area contributed by atoms with Crippen molar-refractivity contribution in [3.05, 3.63) is 24.0 Å². The molecule has 1 aliphatic rings. The van der Waals surface area contributed by atoms with E-state index in [2.05, 4.69) is 32.4 Å². The van der Waals surface area contributed by atoms with Crippen LogP contribution in [0.2, 0.25) is 0 Å². The first-order valence-corrected chi connectivity index (χ1v) is 8.04. The lowest BCUT2D eigenvalue weighted by molar-refractivity contribution is 0.457. The second-order valence-corrected chi connectivity index (χ2v) is 8.23. The third kappa shape index (κ3) is 2.20. The summed E-state index contributed by atoms with van der Waals surface area (Å²) in [5.74, 6) is -0.473. The number of rotatable bonds is 4. The summed E-state index contributed by atoms with van der Waals surface area (Å²) in [6.07, 6.45) is 0. The van der Waals surface area contributed by atoms with E-state index < -0.39 is 15.8 Å². The van der Waals surface area contributed by atoms with Crippen molar-refractivity contribution >= 4 is 15.7 Å². The maximum Gasteiger partial charge on any atom is 0.242 e. The van der Waals surface area contributed by atoms with Crippen LogP contribution in [0.1, 0.15) is 27.7 Å². The molecule has 3 N–H and O–H groups in total. The minimum absolute atomic E-state index is 0.0863. The van der Waals surface area contributed by atoms with Crippen molar-refractivity contribution in [2.45, 2.75) is 32.6 Å². The van der Waals surface area contributed by atoms with Crippen LogP contribution < -0.4 is 10.5 Å². The molecule has 0 saturated heterocycles. The largest absolute Gasteiger partial charge is 0.395 e. The number of sulfonamides is 1. The summed E-state index contributed by atoms with van der Waals surface area (Å²) in [7, 11) is -3.78. The number of para-hydroxylation sites is 1. The van der Waals surface area contributed by atoms with Crippen molar-refractivity contribution in [1.82, 2.24) is 4.72 Å². The Morgan fingerprint density at radius 2 is 1.80 bits per heavy atom. The molecule has 0 unspecified atom stereocenters. The van der Waals surface area contributed by atoms with Crippen molar-refractivity contribution in [3.8, 4) is 0 Å². The van der Waals surface area contributed by atoms with Gasteiger partial charge in [0, 0.05) is 6.54 Å². The minimum Gasteiger partial charge on any atom is -0.395 e. The third-order valence-corrected chi connectivity index (χ3v) is 6.58. The summed E-state index contributed by atoms with van der Waals surface area (Å²) in [4.78, 5) is -0.200. The third-order valence-electron chi connectivity index (χ3n) is 5.10. The van der Waals surface area contributed by atoms with Gasteiger partial charge in [0.15, 0.2) is 0 Å². The van der Waals surface area contributed by atoms with Crippen LogP contribution in [0.5, 0.6) is 0 Å². The Bertz CT molecular complexity index is 625. The van der Waals surface area contributed by atoms with Gasteiger partial charge in [0.05, 0.1) is 5.69 Å². The molecule has 0 aromatic heterocycles. The highest BCUT2D eigenvalue weighted by atomic mass is 32.2. The van der Waals surface area contributed by atoms with E-state index in [1.165, 1.54) is 12.1 Å². The zero-order valence-corrected chi connectivity index (χ0v) is 13.0. The van der Waals surface area contributed by atoms with Gasteiger partial charge in [0.2, 0.25) is 10.0 Å². The van der Waals surface area contributed by atoms with Gasteiger partial charge in [-0.05, 0) is 28.9 Å². The molecule has 4 nitrogen and oxygen atoms in total. The lowest BCUT2D eigenvalue weighted by Crippen LogP contribution is -2.28. The highest BCUT2D eigenvalue weighted by Crippen LogP contribution is 2.67. The molecule has 0 aliphatic heterocycles. The van der Waals surface area contributed by atoms with Crippen molar-refractivity contribution in [2.75, 3.05) is 12.3 Å². The average Bonchev–Trinajstić information content (AvgIpc) is 2.70. The smallest absolute Gasteiger partial charge is 0.242 e. The number of anilines is 1. The van der Waals surface area contributed by atoms with Crippen LogP contribution in [0.4, 0.5) is 10.1 Å². The Morgan fingerprint density at radius 3 is 2.30 bits per heavy atom. The predicted molar refractivity (Wildman–Crippen MR) is 77.1 cm³/mol. The molecule has 0 bridgehead atoms. The molecule has 6 heteroatoms. The summed E-state index contributed by atoms with van der Waals surface area (Å²) < 4.78 is 40.3. The van der Waals surface area contributed by atoms with Crippen molar-refractivity contribution in [3.63, 3.8) is 0 Å². The van der Waals surface area contributed by atoms with E-state index in [9.17, 15) is 12.8 Å². The van der Waals surface area contributed by atoms with Crippen LogP contribution >= 0.6 is 0 Å². The first-order chi connectivity index (χ1) is 9.02. The summed E-state index contributed by atoms with van der Waals surface area (Å²) in [5.41, 5.74) is 5.34. The first kappa shape index (κ1) is 15.3. The summed E-state index contributed by atoms with van der Waals surface area (Å²) in [5, 5.41) is 0. The summed E-state index contributed by atoms with van der Waals surface area (Å²) >= 11 is 0. The number of hydrogen-bond acceptors (Lipinski definition) is 3. The van der Waals surface area contributed by atoms with E-state index in [-0.39, 0.29) is 27.3 Å². The molecule has 1 aromatic rings. The standard InChI is InChI=1S/C14H21FN2O2S/c1-13(2)11(14(13,3)4)8-17-20(18,19)10-7-5-6-9(15)12(10)16/h5-7,11,17H,8,16H2,1-4H3. The molecule has 0 spiro atoms. The number of halogens is 1. The SMILES string of the molecule is CC1(C)C(CNS(=O)(=O)c2cccc(F)c2N)C1(C)C. The topological polar surface area (TPSA) is 72.2 Å². The quantitative estimate of drug-likeness (QED) is 0.839. The second kappa shape index (κ2) is 4.43. The molecule has 1 fully saturated rings. The van der Waals surface area contributed by atoms with Gasteiger partial charge in [-0.3, -0.25) is 0 Å². The lowest BCUT2D eigenvalue weighted by Gasteiger charge is -2.10. The van der Waals surface area contributed by atoms with Gasteiger partial charge in [0.1, 0.15) is 10.7 Å². The maximum atomic E-state index is 13.3. The monoisotopic (exact) mass is 300 g/mol. The van der Waals surface area contributed by atoms with E-state index in [1.807, 2.05) is 0 Å². The fourth-order valence-electron chi connectivity index (χ4n) is 2.87. The van der Waals surface area contributed by atoms with Gasteiger partial charge < -0.3 is 5.73 Å². The highest BCUT2D eigenvalue weighted by Gasteiger charge is 2.64. The van der Waals surface area contributed by atoms with Crippen molar-refractivity contribution in [2.24, 2.45) is 16.7 Å². The molecule has 1 aliphatic carbocycles. The van der Waals surface area contributed by atoms with E-state index in [4.69, 9.17) is 5.73 Å². The second-order valence-electron chi connectivity index (χ2n) is 6.50. The Hall–Kier alpha value is -1.14. The molecular weight excluding hydrogens is 279 g/mol. The van der Waals surface area contributed by atoms with Crippen molar-refractivity contribution < 1.29 is 12.8 Å². The van der Waals surface area contributed by atoms with Crippen LogP contribution in [-0.2, 0) is 10.0 Å². The Kier molecular flexibility index (Phi) is 3.38. The zero-order valence-electron chi connectivity index (χ0n) is 12.2. The Balaban J connectivity index is 2.16. The van der Waals surface area contributed by atoms with Gasteiger partial charge in [-0.1, -0.05) is 33.8 Å². The number of hydrogen-bond donors (Lipinski definition) is 2. The fourth-order valence-corrected chi connectivity index (χ4v) is 4.05. The maximum absolute atomic E-state index is 13.3.